The minimum absolute atomic E-state index is 0.746. The number of aryl methyl sites for hydroxylation is 1. The number of hydrogen-bond donors (Lipinski definition) is 2. The molecule has 0 amide bonds. The number of aromatic nitrogens is 1. The number of hydrogen-bond acceptors (Lipinski definition) is 4. The Hall–Kier alpha value is -0.650. The van der Waals surface area contributed by atoms with Crippen molar-refractivity contribution in [1.29, 1.82) is 0 Å². The standard InChI is InChI=1S/C8H8BrN3S/c1-4-2-5(9)3-6-7(4)11-8(12-10)13-6/h2-3H,10H2,1H3,(H,11,12). The van der Waals surface area contributed by atoms with E-state index >= 15 is 0 Å². The molecule has 0 spiro atoms. The van der Waals surface area contributed by atoms with E-state index in [0.717, 1.165) is 25.4 Å². The molecule has 68 valence electrons. The van der Waals surface area contributed by atoms with Crippen molar-refractivity contribution in [2.45, 2.75) is 6.92 Å². The fourth-order valence-corrected chi connectivity index (χ4v) is 2.83. The molecule has 0 unspecified atom stereocenters. The third kappa shape index (κ3) is 1.54. The number of nitrogen functional groups attached to an aromatic ring is 1. The van der Waals surface area contributed by atoms with Crippen LogP contribution in [0.3, 0.4) is 0 Å². The van der Waals surface area contributed by atoms with Crippen LogP contribution in [0.2, 0.25) is 0 Å². The fraction of sp³-hybridized carbons (Fsp3) is 0.125. The Balaban J connectivity index is 2.75. The van der Waals surface area contributed by atoms with Gasteiger partial charge in [0, 0.05) is 4.47 Å². The van der Waals surface area contributed by atoms with Gasteiger partial charge in [-0.3, -0.25) is 5.43 Å². The summed E-state index contributed by atoms with van der Waals surface area (Å²) in [7, 11) is 0. The predicted octanol–water partition coefficient (Wildman–Crippen LogP) is 2.65. The van der Waals surface area contributed by atoms with Crippen molar-refractivity contribution in [3.63, 3.8) is 0 Å². The molecule has 0 radical (unpaired) electrons. The van der Waals surface area contributed by atoms with Crippen LogP contribution in [-0.2, 0) is 0 Å². The first-order chi connectivity index (χ1) is 6.20. The van der Waals surface area contributed by atoms with E-state index in [-0.39, 0.29) is 0 Å². The Morgan fingerprint density at radius 2 is 2.31 bits per heavy atom. The van der Waals surface area contributed by atoms with E-state index in [9.17, 15) is 0 Å². The zero-order chi connectivity index (χ0) is 9.42. The second-order valence-corrected chi connectivity index (χ2v) is 4.68. The molecule has 3 nitrogen and oxygen atoms in total. The third-order valence-corrected chi connectivity index (χ3v) is 3.17. The number of fused-ring (bicyclic) bond motifs is 1. The Kier molecular flexibility index (Phi) is 2.23. The van der Waals surface area contributed by atoms with Gasteiger partial charge in [-0.25, -0.2) is 10.8 Å². The average Bonchev–Trinajstić information content (AvgIpc) is 2.47. The van der Waals surface area contributed by atoms with Crippen LogP contribution < -0.4 is 11.3 Å². The van der Waals surface area contributed by atoms with Gasteiger partial charge in [0.15, 0.2) is 5.13 Å². The number of benzene rings is 1. The molecular weight excluding hydrogens is 250 g/mol. The van der Waals surface area contributed by atoms with E-state index in [1.165, 1.54) is 0 Å². The monoisotopic (exact) mass is 257 g/mol. The van der Waals surface area contributed by atoms with Gasteiger partial charge in [0.2, 0.25) is 0 Å². The maximum absolute atomic E-state index is 5.29. The van der Waals surface area contributed by atoms with E-state index in [1.54, 1.807) is 11.3 Å². The van der Waals surface area contributed by atoms with Crippen molar-refractivity contribution in [3.05, 3.63) is 22.2 Å². The summed E-state index contributed by atoms with van der Waals surface area (Å²) in [6, 6.07) is 4.09. The molecule has 13 heavy (non-hydrogen) atoms. The van der Waals surface area contributed by atoms with Crippen molar-refractivity contribution in [3.8, 4) is 0 Å². The number of halogens is 1. The number of anilines is 1. The summed E-state index contributed by atoms with van der Waals surface area (Å²) in [5.74, 6) is 5.29. The molecule has 0 aliphatic heterocycles. The smallest absolute Gasteiger partial charge is 0.198 e. The number of rotatable bonds is 1. The molecule has 0 aliphatic carbocycles. The number of nitrogens with one attached hydrogen (secondary N) is 1. The van der Waals surface area contributed by atoms with Gasteiger partial charge in [0.1, 0.15) is 0 Å². The second kappa shape index (κ2) is 3.25. The quantitative estimate of drug-likeness (QED) is 0.610. The highest BCUT2D eigenvalue weighted by Crippen LogP contribution is 2.30. The van der Waals surface area contributed by atoms with Crippen LogP contribution >= 0.6 is 27.3 Å². The number of hydrazine groups is 1. The van der Waals surface area contributed by atoms with Crippen molar-refractivity contribution in [2.75, 3.05) is 5.43 Å². The Labute approximate surface area is 88.1 Å². The van der Waals surface area contributed by atoms with E-state index in [4.69, 9.17) is 5.84 Å². The first-order valence-electron chi connectivity index (χ1n) is 3.74. The molecule has 5 heteroatoms. The van der Waals surface area contributed by atoms with Crippen molar-refractivity contribution in [1.82, 2.24) is 4.98 Å². The summed E-state index contributed by atoms with van der Waals surface area (Å²) in [5.41, 5.74) is 4.72. The molecule has 1 heterocycles. The van der Waals surface area contributed by atoms with Gasteiger partial charge in [-0.15, -0.1) is 0 Å². The second-order valence-electron chi connectivity index (χ2n) is 2.73. The highest BCUT2D eigenvalue weighted by molar-refractivity contribution is 9.10. The maximum atomic E-state index is 5.29. The van der Waals surface area contributed by atoms with Crippen molar-refractivity contribution in [2.24, 2.45) is 5.84 Å². The van der Waals surface area contributed by atoms with Gasteiger partial charge in [-0.05, 0) is 24.6 Å². The molecular formula is C8H8BrN3S. The van der Waals surface area contributed by atoms with Gasteiger partial charge in [-0.1, -0.05) is 27.3 Å². The molecule has 2 rings (SSSR count). The lowest BCUT2D eigenvalue weighted by molar-refractivity contribution is 1.30. The van der Waals surface area contributed by atoms with Crippen LogP contribution in [0, 0.1) is 6.92 Å². The molecule has 0 bridgehead atoms. The fourth-order valence-electron chi connectivity index (χ4n) is 1.22. The predicted molar refractivity (Wildman–Crippen MR) is 59.9 cm³/mol. The van der Waals surface area contributed by atoms with Gasteiger partial charge >= 0.3 is 0 Å². The molecule has 0 aliphatic rings. The Bertz CT molecular complexity index is 452. The van der Waals surface area contributed by atoms with Crippen molar-refractivity contribution >= 4 is 42.6 Å². The molecule has 0 fully saturated rings. The van der Waals surface area contributed by atoms with Crippen molar-refractivity contribution < 1.29 is 0 Å². The largest absolute Gasteiger partial charge is 0.300 e. The van der Waals surface area contributed by atoms with Crippen LogP contribution in [0.4, 0.5) is 5.13 Å². The molecule has 1 aromatic carbocycles. The Morgan fingerprint density at radius 3 is 3.00 bits per heavy atom. The van der Waals surface area contributed by atoms with E-state index in [0.29, 0.717) is 0 Å². The van der Waals surface area contributed by atoms with E-state index in [2.05, 4.69) is 26.3 Å². The topological polar surface area (TPSA) is 50.9 Å². The minimum Gasteiger partial charge on any atom is -0.300 e. The van der Waals surface area contributed by atoms with E-state index < -0.39 is 0 Å². The number of nitrogens with two attached hydrogens (primary N) is 1. The number of nitrogens with zero attached hydrogens (tertiary/aromatic N) is 1. The normalized spacial score (nSPS) is 10.7. The zero-order valence-electron chi connectivity index (χ0n) is 6.97. The summed E-state index contributed by atoms with van der Waals surface area (Å²) in [5, 5.41) is 0.746. The lowest BCUT2D eigenvalue weighted by atomic mass is 10.2. The zero-order valence-corrected chi connectivity index (χ0v) is 9.37. The van der Waals surface area contributed by atoms with Crippen LogP contribution in [0.25, 0.3) is 10.2 Å². The van der Waals surface area contributed by atoms with Gasteiger partial charge in [-0.2, -0.15) is 0 Å². The lowest BCUT2D eigenvalue weighted by Gasteiger charge is -1.94. The lowest BCUT2D eigenvalue weighted by Crippen LogP contribution is -2.05. The highest BCUT2D eigenvalue weighted by atomic mass is 79.9. The van der Waals surface area contributed by atoms with E-state index in [1.807, 2.05) is 19.1 Å². The van der Waals surface area contributed by atoms with Crippen LogP contribution in [-0.4, -0.2) is 4.98 Å². The molecule has 3 N–H and O–H groups in total. The summed E-state index contributed by atoms with van der Waals surface area (Å²) < 4.78 is 2.21. The molecule has 1 aromatic heterocycles. The molecule has 0 saturated carbocycles. The Morgan fingerprint density at radius 1 is 1.54 bits per heavy atom. The first-order valence-corrected chi connectivity index (χ1v) is 5.35. The van der Waals surface area contributed by atoms with Gasteiger partial charge in [0.05, 0.1) is 10.2 Å². The average molecular weight is 258 g/mol. The van der Waals surface area contributed by atoms with Crippen LogP contribution in [0.5, 0.6) is 0 Å². The number of thiazole rings is 1. The first kappa shape index (κ1) is 8.93. The summed E-state index contributed by atoms with van der Waals surface area (Å²) in [6.07, 6.45) is 0. The van der Waals surface area contributed by atoms with Crippen LogP contribution in [0.15, 0.2) is 16.6 Å². The maximum Gasteiger partial charge on any atom is 0.198 e. The third-order valence-electron chi connectivity index (χ3n) is 1.77. The highest BCUT2D eigenvalue weighted by Gasteiger charge is 2.05. The van der Waals surface area contributed by atoms with Gasteiger partial charge in [0.25, 0.3) is 0 Å². The summed E-state index contributed by atoms with van der Waals surface area (Å²) in [4.78, 5) is 4.33. The molecule has 0 saturated heterocycles. The summed E-state index contributed by atoms with van der Waals surface area (Å²) in [6.45, 7) is 2.03. The SMILES string of the molecule is Cc1cc(Br)cc2sc(NN)nc12. The molecule has 2 aromatic rings. The summed E-state index contributed by atoms with van der Waals surface area (Å²) >= 11 is 4.99. The van der Waals surface area contributed by atoms with Gasteiger partial charge < -0.3 is 0 Å². The molecule has 0 atom stereocenters. The minimum atomic E-state index is 0.746. The van der Waals surface area contributed by atoms with Crippen LogP contribution in [0.1, 0.15) is 5.56 Å².